The van der Waals surface area contributed by atoms with Crippen LogP contribution < -0.4 is 15.4 Å². The minimum absolute atomic E-state index is 0.131. The molecule has 0 saturated carbocycles. The van der Waals surface area contributed by atoms with Crippen LogP contribution in [-0.2, 0) is 19.1 Å². The lowest BCUT2D eigenvalue weighted by molar-refractivity contribution is -0.135. The van der Waals surface area contributed by atoms with E-state index in [2.05, 4.69) is 78.4 Å². The molecule has 0 bridgehead atoms. The topological polar surface area (TPSA) is 189 Å². The lowest BCUT2D eigenvalue weighted by Crippen LogP contribution is -2.51. The number of alkyl carbamates (subject to hydrolysis) is 2. The van der Waals surface area contributed by atoms with Crippen LogP contribution in [0.1, 0.15) is 75.1 Å². The van der Waals surface area contributed by atoms with Gasteiger partial charge in [-0.3, -0.25) is 9.59 Å². The highest BCUT2D eigenvalue weighted by Crippen LogP contribution is 2.46. The first-order valence-electron chi connectivity index (χ1n) is 21.0. The number of benzene rings is 3. The van der Waals surface area contributed by atoms with E-state index in [1.807, 2.05) is 38.1 Å². The normalized spacial score (nSPS) is 18.6. The number of ether oxygens (including phenoxy) is 3. The van der Waals surface area contributed by atoms with Crippen LogP contribution in [0.3, 0.4) is 0 Å². The van der Waals surface area contributed by atoms with Gasteiger partial charge in [-0.25, -0.2) is 19.6 Å². The second kappa shape index (κ2) is 16.7. The van der Waals surface area contributed by atoms with E-state index in [1.165, 1.54) is 14.2 Å². The van der Waals surface area contributed by atoms with Crippen molar-refractivity contribution in [2.75, 3.05) is 33.9 Å². The summed E-state index contributed by atoms with van der Waals surface area (Å²) in [6.07, 6.45) is 5.05. The molecule has 3 aromatic carbocycles. The Labute approximate surface area is 358 Å². The number of carbonyl (C=O) groups excluding carboxylic acids is 4. The highest BCUT2D eigenvalue weighted by Gasteiger charge is 2.38. The predicted octanol–water partition coefficient (Wildman–Crippen LogP) is 7.09. The first kappa shape index (κ1) is 40.3. The maximum atomic E-state index is 13.8. The van der Waals surface area contributed by atoms with E-state index >= 15 is 0 Å². The molecule has 4 atom stereocenters. The fourth-order valence-electron chi connectivity index (χ4n) is 9.04. The zero-order valence-corrected chi connectivity index (χ0v) is 35.0. The summed E-state index contributed by atoms with van der Waals surface area (Å²) >= 11 is 0. The number of carbonyl (C=O) groups is 4. The van der Waals surface area contributed by atoms with Crippen molar-refractivity contribution >= 4 is 34.9 Å². The second-order valence-corrected chi connectivity index (χ2v) is 16.3. The monoisotopic (exact) mass is 839 g/mol. The van der Waals surface area contributed by atoms with Crippen LogP contribution in [0, 0.1) is 5.92 Å². The third kappa shape index (κ3) is 7.49. The molecule has 0 spiro atoms. The molecule has 6 aromatic rings. The number of rotatable bonds is 10. The molecule has 2 fully saturated rings. The molecule has 320 valence electrons. The maximum Gasteiger partial charge on any atom is 0.407 e. The Morgan fingerprint density at radius 2 is 1.45 bits per heavy atom. The van der Waals surface area contributed by atoms with Crippen LogP contribution >= 0.6 is 0 Å². The third-order valence-electron chi connectivity index (χ3n) is 12.2. The highest BCUT2D eigenvalue weighted by molar-refractivity contribution is 5.93. The van der Waals surface area contributed by atoms with Crippen LogP contribution in [0.25, 0.3) is 44.7 Å². The maximum absolute atomic E-state index is 13.8. The van der Waals surface area contributed by atoms with Crippen LogP contribution in [0.4, 0.5) is 9.59 Å². The first-order valence-corrected chi connectivity index (χ1v) is 21.0. The molecule has 62 heavy (non-hydrogen) atoms. The van der Waals surface area contributed by atoms with Gasteiger partial charge in [0.05, 0.1) is 61.3 Å². The van der Waals surface area contributed by atoms with Crippen LogP contribution in [-0.4, -0.2) is 98.2 Å². The summed E-state index contributed by atoms with van der Waals surface area (Å²) in [5.41, 5.74) is 7.43. The molecule has 16 heteroatoms. The summed E-state index contributed by atoms with van der Waals surface area (Å²) in [4.78, 5) is 70.4. The quantitative estimate of drug-likeness (QED) is 0.112. The third-order valence-corrected chi connectivity index (χ3v) is 12.2. The van der Waals surface area contributed by atoms with Gasteiger partial charge >= 0.3 is 12.2 Å². The number of likely N-dealkylation sites (tertiary alicyclic amines) is 2. The number of nitrogens with one attached hydrogen (secondary N) is 4. The Bertz CT molecular complexity index is 2650. The number of hydrogen-bond donors (Lipinski definition) is 4. The lowest BCUT2D eigenvalue weighted by atomic mass is 10.0. The Morgan fingerprint density at radius 3 is 2.13 bits per heavy atom. The van der Waals surface area contributed by atoms with Crippen molar-refractivity contribution in [2.45, 2.75) is 63.9 Å². The Hall–Kier alpha value is -7.10. The number of methoxy groups -OCH3 is 2. The van der Waals surface area contributed by atoms with Crippen molar-refractivity contribution in [1.82, 2.24) is 44.9 Å². The minimum atomic E-state index is -0.718. The average Bonchev–Trinajstić information content (AvgIpc) is 4.15. The van der Waals surface area contributed by atoms with E-state index in [0.29, 0.717) is 24.7 Å². The number of amides is 4. The van der Waals surface area contributed by atoms with Crippen molar-refractivity contribution < 1.29 is 33.4 Å². The van der Waals surface area contributed by atoms with Crippen LogP contribution in [0.2, 0.25) is 0 Å². The van der Waals surface area contributed by atoms with Crippen molar-refractivity contribution in [3.8, 4) is 39.5 Å². The van der Waals surface area contributed by atoms with E-state index in [9.17, 15) is 19.2 Å². The van der Waals surface area contributed by atoms with Gasteiger partial charge in [-0.1, -0.05) is 56.3 Å². The second-order valence-electron chi connectivity index (χ2n) is 16.3. The van der Waals surface area contributed by atoms with Gasteiger partial charge in [0, 0.05) is 40.7 Å². The number of aromatic nitrogens is 5. The number of imidazole rings is 2. The smallest absolute Gasteiger partial charge is 0.407 e. The summed E-state index contributed by atoms with van der Waals surface area (Å²) in [5.74, 6) is 1.64. The predicted molar refractivity (Wildman–Crippen MR) is 230 cm³/mol. The highest BCUT2D eigenvalue weighted by atomic mass is 16.5. The zero-order chi connectivity index (χ0) is 43.1. The van der Waals surface area contributed by atoms with Gasteiger partial charge in [0.1, 0.15) is 30.0 Å². The van der Waals surface area contributed by atoms with Gasteiger partial charge in [-0.2, -0.15) is 0 Å². The standard InChI is InChI=1S/C46H49N9O7/c1-26(2)40(52-46(59)61-4)43(57)54-19-9-13-36(54)42-48-24-33(51-42)29-14-16-31-37-21-30-20-28(15-17-34(30)55(37)44(62-38(31)22-29)27-10-6-5-7-11-27)32-23-47-41(50-32)35-12-8-18-53(35)39(56)25-49-45(58)60-3/h5-7,10-11,14-17,20-24,26,35-36,40,44H,8-9,12-13,18-19,25H2,1-4H3,(H,47,50)(H,48,51)(H,49,58)(H,52,59)/t35-,36-,40-,44-/m0/s1. The molecule has 2 saturated heterocycles. The molecule has 3 aromatic heterocycles. The summed E-state index contributed by atoms with van der Waals surface area (Å²) < 4.78 is 18.6. The Balaban J connectivity index is 1.00. The van der Waals surface area contributed by atoms with Gasteiger partial charge in [0.2, 0.25) is 18.0 Å². The first-order chi connectivity index (χ1) is 30.1. The van der Waals surface area contributed by atoms with Gasteiger partial charge in [0.25, 0.3) is 0 Å². The molecule has 16 nitrogen and oxygen atoms in total. The summed E-state index contributed by atoms with van der Waals surface area (Å²) in [5, 5.41) is 6.22. The fourth-order valence-corrected chi connectivity index (χ4v) is 9.04. The van der Waals surface area contributed by atoms with E-state index < -0.39 is 24.5 Å². The Morgan fingerprint density at radius 1 is 0.806 bits per heavy atom. The van der Waals surface area contributed by atoms with Crippen molar-refractivity contribution in [1.29, 1.82) is 0 Å². The average molecular weight is 840 g/mol. The van der Waals surface area contributed by atoms with Gasteiger partial charge in [0.15, 0.2) is 0 Å². The Kier molecular flexibility index (Phi) is 10.9. The molecule has 3 aliphatic rings. The molecule has 9 rings (SSSR count). The minimum Gasteiger partial charge on any atom is -0.465 e. The molecule has 4 amide bonds. The molecule has 4 N–H and O–H groups in total. The molecular weight excluding hydrogens is 791 g/mol. The van der Waals surface area contributed by atoms with Crippen LogP contribution in [0.5, 0.6) is 5.75 Å². The molecule has 3 aliphatic heterocycles. The van der Waals surface area contributed by atoms with E-state index in [4.69, 9.17) is 19.4 Å². The van der Waals surface area contributed by atoms with Gasteiger partial charge in [-0.15, -0.1) is 0 Å². The molecule has 0 radical (unpaired) electrons. The van der Waals surface area contributed by atoms with Crippen molar-refractivity contribution in [3.63, 3.8) is 0 Å². The SMILES string of the molecule is COC(=O)NCC(=O)N1CCC[C@H]1c1ncc(-c2ccc3c(c2)cc2n3[C@H](c3ccccc3)Oc3cc(-c4cnc([C@@H]5CCCN5C(=O)[C@@H](NC(=O)OC)C(C)C)[nH]4)ccc3-2)[nH]1. The van der Waals surface area contributed by atoms with Crippen molar-refractivity contribution in [2.24, 2.45) is 5.92 Å². The van der Waals surface area contributed by atoms with E-state index in [1.54, 1.807) is 22.2 Å². The van der Waals surface area contributed by atoms with Crippen LogP contribution in [0.15, 0.2) is 85.2 Å². The molecule has 0 unspecified atom stereocenters. The molecular formula is C46H49N9O7. The molecule has 0 aliphatic carbocycles. The summed E-state index contributed by atoms with van der Waals surface area (Å²) in [6.45, 7) is 4.81. The van der Waals surface area contributed by atoms with Gasteiger partial charge < -0.3 is 49.2 Å². The van der Waals surface area contributed by atoms with E-state index in [-0.39, 0.29) is 36.4 Å². The largest absolute Gasteiger partial charge is 0.465 e. The van der Waals surface area contributed by atoms with E-state index in [0.717, 1.165) is 81.7 Å². The van der Waals surface area contributed by atoms with Gasteiger partial charge in [-0.05, 0) is 61.9 Å². The molecule has 6 heterocycles. The number of fused-ring (bicyclic) bond motifs is 5. The fraction of sp³-hybridized carbons (Fsp3) is 0.348. The summed E-state index contributed by atoms with van der Waals surface area (Å²) in [6, 6.07) is 23.6. The number of aromatic amines is 2. The number of hydrogen-bond acceptors (Lipinski definition) is 9. The van der Waals surface area contributed by atoms with Crippen molar-refractivity contribution in [3.05, 3.63) is 102 Å². The number of nitrogens with zero attached hydrogens (tertiary/aromatic N) is 5. The summed E-state index contributed by atoms with van der Waals surface area (Å²) in [7, 11) is 2.55. The zero-order valence-electron chi connectivity index (χ0n) is 35.0. The lowest BCUT2D eigenvalue weighted by Gasteiger charge is -2.30. The number of H-pyrrole nitrogens is 2.